The molecule has 0 aliphatic heterocycles. The molecule has 0 fully saturated rings. The molecule has 0 saturated carbocycles. The number of aliphatic hydroxyl groups excluding tert-OH is 2. The Morgan fingerprint density at radius 1 is 0.373 bits per heavy atom. The Labute approximate surface area is 468 Å². The fourth-order valence-electron chi connectivity index (χ4n) is 10.5. The lowest BCUT2D eigenvalue weighted by Gasteiger charge is -2.20. The van der Waals surface area contributed by atoms with E-state index in [4.69, 9.17) is 4.74 Å². The van der Waals surface area contributed by atoms with E-state index in [0.717, 1.165) is 51.4 Å². The highest BCUT2D eigenvalue weighted by atomic mass is 16.5. The van der Waals surface area contributed by atoms with Crippen LogP contribution in [-0.4, -0.2) is 47.4 Å². The van der Waals surface area contributed by atoms with Gasteiger partial charge in [0.2, 0.25) is 5.91 Å². The summed E-state index contributed by atoms with van der Waals surface area (Å²) in [4.78, 5) is 24.5. The van der Waals surface area contributed by atoms with Crippen LogP contribution in [0.3, 0.4) is 0 Å². The molecule has 0 saturated heterocycles. The fourth-order valence-corrected chi connectivity index (χ4v) is 10.5. The Balaban J connectivity index is 3.35. The largest absolute Gasteiger partial charge is 0.466 e. The lowest BCUT2D eigenvalue weighted by molar-refractivity contribution is -0.143. The zero-order valence-electron chi connectivity index (χ0n) is 50.5. The van der Waals surface area contributed by atoms with Crippen molar-refractivity contribution in [3.63, 3.8) is 0 Å². The number of unbranched alkanes of at least 4 members (excludes halogenated alkanes) is 48. The molecule has 0 aliphatic carbocycles. The quantitative estimate of drug-likeness (QED) is 0.0320. The summed E-state index contributed by atoms with van der Waals surface area (Å²) in [6, 6.07) is -0.625. The number of rotatable bonds is 63. The highest BCUT2D eigenvalue weighted by molar-refractivity contribution is 5.76. The molecule has 0 bridgehead atoms. The molecule has 3 N–H and O–H groups in total. The minimum absolute atomic E-state index is 0.00525. The van der Waals surface area contributed by atoms with Crippen molar-refractivity contribution >= 4 is 11.9 Å². The van der Waals surface area contributed by atoms with Gasteiger partial charge in [-0.25, -0.2) is 0 Å². The molecule has 0 unspecified atom stereocenters. The van der Waals surface area contributed by atoms with Gasteiger partial charge in [0.15, 0.2) is 0 Å². The first-order valence-corrected chi connectivity index (χ1v) is 33.8. The topological polar surface area (TPSA) is 95.9 Å². The van der Waals surface area contributed by atoms with Gasteiger partial charge in [-0.05, 0) is 64.2 Å². The van der Waals surface area contributed by atoms with Crippen molar-refractivity contribution in [2.24, 2.45) is 0 Å². The minimum Gasteiger partial charge on any atom is -0.466 e. The second-order valence-electron chi connectivity index (χ2n) is 23.2. The van der Waals surface area contributed by atoms with Crippen molar-refractivity contribution in [2.45, 2.75) is 379 Å². The Morgan fingerprint density at radius 2 is 0.667 bits per heavy atom. The molecule has 0 aliphatic rings. The molecule has 0 heterocycles. The van der Waals surface area contributed by atoms with Crippen LogP contribution in [0.1, 0.15) is 367 Å². The molecule has 0 spiro atoms. The van der Waals surface area contributed by atoms with Crippen LogP contribution in [0.15, 0.2) is 36.5 Å². The molecule has 0 aromatic rings. The average molecular weight is 1050 g/mol. The molecule has 0 aromatic carbocycles. The van der Waals surface area contributed by atoms with Gasteiger partial charge in [-0.3, -0.25) is 9.59 Å². The SMILES string of the molecule is CCCCC/C=C\C/C=C\CCCCCCCC(=O)OCCCCCCCCCCCCCCCCCCCCCCCCCCCCCCCC(=O)N[C@@H](CO)[C@H](O)/C=C/CCCCCCCCCCCCCC. The maximum Gasteiger partial charge on any atom is 0.305 e. The number of carbonyl (C=O) groups excluding carboxylic acids is 2. The van der Waals surface area contributed by atoms with Crippen molar-refractivity contribution in [1.82, 2.24) is 5.32 Å². The summed E-state index contributed by atoms with van der Waals surface area (Å²) in [5, 5.41) is 23.1. The van der Waals surface area contributed by atoms with E-state index in [0.29, 0.717) is 19.4 Å². The van der Waals surface area contributed by atoms with Gasteiger partial charge in [-0.2, -0.15) is 0 Å². The van der Waals surface area contributed by atoms with E-state index in [2.05, 4.69) is 43.5 Å². The number of allylic oxidation sites excluding steroid dienone is 5. The number of amides is 1. The smallest absolute Gasteiger partial charge is 0.305 e. The first-order valence-electron chi connectivity index (χ1n) is 33.8. The van der Waals surface area contributed by atoms with Gasteiger partial charge in [0, 0.05) is 12.8 Å². The van der Waals surface area contributed by atoms with E-state index >= 15 is 0 Å². The minimum atomic E-state index is -0.841. The summed E-state index contributed by atoms with van der Waals surface area (Å²) in [5.74, 6) is -0.0578. The van der Waals surface area contributed by atoms with Gasteiger partial charge in [-0.1, -0.05) is 326 Å². The normalized spacial score (nSPS) is 12.7. The van der Waals surface area contributed by atoms with Gasteiger partial charge in [0.25, 0.3) is 0 Å². The number of ether oxygens (including phenoxy) is 1. The highest BCUT2D eigenvalue weighted by Gasteiger charge is 2.18. The summed E-state index contributed by atoms with van der Waals surface area (Å²) in [5.41, 5.74) is 0. The predicted molar refractivity (Wildman–Crippen MR) is 329 cm³/mol. The summed E-state index contributed by atoms with van der Waals surface area (Å²) >= 11 is 0. The third-order valence-electron chi connectivity index (χ3n) is 15.7. The van der Waals surface area contributed by atoms with Gasteiger partial charge in [0.1, 0.15) is 0 Å². The second-order valence-corrected chi connectivity index (χ2v) is 23.2. The number of hydrogen-bond acceptors (Lipinski definition) is 5. The first kappa shape index (κ1) is 73.1. The van der Waals surface area contributed by atoms with E-state index in [9.17, 15) is 19.8 Å². The van der Waals surface area contributed by atoms with E-state index in [1.807, 2.05) is 6.08 Å². The molecular weight excluding hydrogens is 923 g/mol. The molecule has 2 atom stereocenters. The number of carbonyl (C=O) groups is 2. The van der Waals surface area contributed by atoms with Crippen LogP contribution in [0.4, 0.5) is 0 Å². The van der Waals surface area contributed by atoms with Crippen LogP contribution in [0.25, 0.3) is 0 Å². The third-order valence-corrected chi connectivity index (χ3v) is 15.7. The first-order chi connectivity index (χ1) is 37.0. The zero-order valence-corrected chi connectivity index (χ0v) is 50.5. The average Bonchev–Trinajstić information content (AvgIpc) is 3.41. The van der Waals surface area contributed by atoms with E-state index in [1.54, 1.807) is 6.08 Å². The van der Waals surface area contributed by atoms with Crippen molar-refractivity contribution < 1.29 is 24.5 Å². The van der Waals surface area contributed by atoms with Gasteiger partial charge in [-0.15, -0.1) is 0 Å². The zero-order chi connectivity index (χ0) is 54.3. The van der Waals surface area contributed by atoms with Gasteiger partial charge >= 0.3 is 5.97 Å². The number of esters is 1. The monoisotopic (exact) mass is 1050 g/mol. The molecule has 6 heteroatoms. The van der Waals surface area contributed by atoms with Crippen molar-refractivity contribution in [1.29, 1.82) is 0 Å². The summed E-state index contributed by atoms with van der Waals surface area (Å²) in [7, 11) is 0. The van der Waals surface area contributed by atoms with Crippen LogP contribution >= 0.6 is 0 Å². The molecule has 1 amide bonds. The fraction of sp³-hybridized carbons (Fsp3) is 0.884. The van der Waals surface area contributed by atoms with Crippen molar-refractivity contribution in [3.05, 3.63) is 36.5 Å². The molecule has 0 aromatic heterocycles. The maximum atomic E-state index is 12.5. The number of aliphatic hydroxyl groups is 2. The molecule has 0 radical (unpaired) electrons. The summed E-state index contributed by atoms with van der Waals surface area (Å²) in [6.45, 7) is 4.89. The lowest BCUT2D eigenvalue weighted by atomic mass is 10.0. The highest BCUT2D eigenvalue weighted by Crippen LogP contribution is 2.18. The Kier molecular flexibility index (Phi) is 63.0. The van der Waals surface area contributed by atoms with Gasteiger partial charge < -0.3 is 20.3 Å². The van der Waals surface area contributed by atoms with Crippen LogP contribution in [-0.2, 0) is 14.3 Å². The van der Waals surface area contributed by atoms with E-state index in [1.165, 1.54) is 289 Å². The molecule has 75 heavy (non-hydrogen) atoms. The van der Waals surface area contributed by atoms with Crippen LogP contribution in [0, 0.1) is 0 Å². The maximum absolute atomic E-state index is 12.5. The van der Waals surface area contributed by atoms with E-state index < -0.39 is 12.1 Å². The van der Waals surface area contributed by atoms with Crippen molar-refractivity contribution in [2.75, 3.05) is 13.2 Å². The Hall–Kier alpha value is -1.92. The third kappa shape index (κ3) is 61.2. The Morgan fingerprint density at radius 3 is 1.04 bits per heavy atom. The molecule has 6 nitrogen and oxygen atoms in total. The summed E-state index contributed by atoms with van der Waals surface area (Å²) < 4.78 is 5.49. The van der Waals surface area contributed by atoms with Crippen molar-refractivity contribution in [3.8, 4) is 0 Å². The molecule has 0 rings (SSSR count). The van der Waals surface area contributed by atoms with Crippen LogP contribution in [0.5, 0.6) is 0 Å². The lowest BCUT2D eigenvalue weighted by Crippen LogP contribution is -2.45. The number of hydrogen-bond donors (Lipinski definition) is 3. The standard InChI is InChI=1S/C69H131NO5/c1-3-5-7-9-11-13-15-17-34-39-43-47-51-55-59-63-69(74)75-64-60-56-52-48-44-40-36-33-31-29-27-25-23-21-19-20-22-24-26-28-30-32-35-38-42-46-50-54-58-62-68(73)70-66(65-71)67(72)61-57-53-49-45-41-37-18-16-14-12-10-8-6-4-2/h11,13,17,34,57,61,66-67,71-72H,3-10,12,14-16,18-33,35-56,58-60,62-65H2,1-2H3,(H,70,73)/b13-11-,34-17-,61-57+/t66-,67+/m0/s1. The predicted octanol–water partition coefficient (Wildman–Crippen LogP) is 21.5. The molecular formula is C69H131NO5. The van der Waals surface area contributed by atoms with Gasteiger partial charge in [0.05, 0.1) is 25.4 Å². The number of nitrogens with one attached hydrogen (secondary N) is 1. The van der Waals surface area contributed by atoms with Crippen LogP contribution < -0.4 is 5.32 Å². The summed E-state index contributed by atoms with van der Waals surface area (Å²) in [6.07, 6.45) is 82.1. The Bertz CT molecular complexity index is 1210. The van der Waals surface area contributed by atoms with E-state index in [-0.39, 0.29) is 18.5 Å². The van der Waals surface area contributed by atoms with Crippen LogP contribution in [0.2, 0.25) is 0 Å². The molecule has 442 valence electrons. The second kappa shape index (κ2) is 64.6.